The predicted octanol–water partition coefficient (Wildman–Crippen LogP) is 1.43. The molecule has 0 bridgehead atoms. The molecule has 0 N–H and O–H groups in total. The van der Waals surface area contributed by atoms with E-state index in [9.17, 15) is 8.42 Å². The van der Waals surface area contributed by atoms with E-state index < -0.39 is 9.05 Å². The Balaban J connectivity index is 2.65. The van der Waals surface area contributed by atoms with Crippen molar-refractivity contribution in [1.82, 2.24) is 14.8 Å². The highest BCUT2D eigenvalue weighted by atomic mass is 35.7. The fraction of sp³-hybridized carbons (Fsp3) is 0.273. The number of benzene rings is 1. The molecule has 0 amide bonds. The third-order valence-electron chi connectivity index (χ3n) is 2.70. The van der Waals surface area contributed by atoms with E-state index in [4.69, 9.17) is 20.2 Å². The zero-order valence-corrected chi connectivity index (χ0v) is 12.6. The molecular formula is C11H12ClN3O4S. The highest BCUT2D eigenvalue weighted by Gasteiger charge is 2.22. The summed E-state index contributed by atoms with van der Waals surface area (Å²) in [5, 5.41) is 7.11. The lowest BCUT2D eigenvalue weighted by Crippen LogP contribution is -2.03. The molecule has 0 saturated carbocycles. The molecule has 0 fully saturated rings. The van der Waals surface area contributed by atoms with Gasteiger partial charge in [0.15, 0.2) is 5.82 Å². The molecule has 9 heteroatoms. The summed E-state index contributed by atoms with van der Waals surface area (Å²) in [6.07, 6.45) is 0. The summed E-state index contributed by atoms with van der Waals surface area (Å²) in [6, 6.07) is 5.09. The van der Waals surface area contributed by atoms with Crippen LogP contribution in [0, 0.1) is 0 Å². The largest absolute Gasteiger partial charge is 0.497 e. The van der Waals surface area contributed by atoms with Crippen LogP contribution in [0.25, 0.3) is 11.4 Å². The van der Waals surface area contributed by atoms with Crippen LogP contribution in [0.1, 0.15) is 0 Å². The summed E-state index contributed by atoms with van der Waals surface area (Å²) in [7, 11) is 5.85. The third-order valence-corrected chi connectivity index (χ3v) is 3.91. The van der Waals surface area contributed by atoms with E-state index in [0.29, 0.717) is 22.9 Å². The number of hydrogen-bond donors (Lipinski definition) is 0. The van der Waals surface area contributed by atoms with Crippen molar-refractivity contribution in [2.45, 2.75) is 5.16 Å². The number of methoxy groups -OCH3 is 2. The zero-order chi connectivity index (χ0) is 14.9. The number of aromatic nitrogens is 3. The van der Waals surface area contributed by atoms with Crippen molar-refractivity contribution in [1.29, 1.82) is 0 Å². The smallest absolute Gasteiger partial charge is 0.296 e. The van der Waals surface area contributed by atoms with Crippen LogP contribution in [0.15, 0.2) is 23.4 Å². The molecular weight excluding hydrogens is 306 g/mol. The molecule has 7 nitrogen and oxygen atoms in total. The molecule has 108 valence electrons. The molecule has 0 aliphatic carbocycles. The van der Waals surface area contributed by atoms with Gasteiger partial charge in [0.25, 0.3) is 14.2 Å². The number of ether oxygens (including phenoxy) is 2. The molecule has 1 heterocycles. The van der Waals surface area contributed by atoms with Crippen LogP contribution >= 0.6 is 10.7 Å². The van der Waals surface area contributed by atoms with Crippen molar-refractivity contribution in [3.8, 4) is 22.9 Å². The first-order valence-electron chi connectivity index (χ1n) is 5.45. The molecule has 0 saturated heterocycles. The second-order valence-electron chi connectivity index (χ2n) is 3.87. The Morgan fingerprint density at radius 2 is 1.90 bits per heavy atom. The van der Waals surface area contributed by atoms with Gasteiger partial charge in [0.1, 0.15) is 11.5 Å². The lowest BCUT2D eigenvalue weighted by molar-refractivity contribution is 0.404. The van der Waals surface area contributed by atoms with Crippen LogP contribution in [0.3, 0.4) is 0 Å². The van der Waals surface area contributed by atoms with Gasteiger partial charge in [0.2, 0.25) is 0 Å². The second kappa shape index (κ2) is 5.29. The van der Waals surface area contributed by atoms with Crippen molar-refractivity contribution in [3.63, 3.8) is 0 Å². The molecule has 0 radical (unpaired) electrons. The minimum absolute atomic E-state index is 0.306. The van der Waals surface area contributed by atoms with Crippen molar-refractivity contribution in [2.24, 2.45) is 7.05 Å². The Hall–Kier alpha value is -1.80. The van der Waals surface area contributed by atoms with Crippen molar-refractivity contribution >= 4 is 19.7 Å². The quantitative estimate of drug-likeness (QED) is 0.793. The molecule has 1 aromatic carbocycles. The molecule has 2 rings (SSSR count). The molecule has 0 aliphatic rings. The van der Waals surface area contributed by atoms with Gasteiger partial charge in [-0.1, -0.05) is 0 Å². The average molecular weight is 318 g/mol. The lowest BCUT2D eigenvalue weighted by Gasteiger charge is -2.09. The Kier molecular flexibility index (Phi) is 3.87. The number of hydrogen-bond acceptors (Lipinski definition) is 6. The predicted molar refractivity (Wildman–Crippen MR) is 72.6 cm³/mol. The maximum atomic E-state index is 11.4. The van der Waals surface area contributed by atoms with E-state index in [2.05, 4.69) is 10.2 Å². The van der Waals surface area contributed by atoms with Crippen molar-refractivity contribution in [3.05, 3.63) is 18.2 Å². The first kappa shape index (κ1) is 14.6. The maximum absolute atomic E-state index is 11.4. The molecule has 0 unspecified atom stereocenters. The van der Waals surface area contributed by atoms with E-state index in [1.165, 1.54) is 25.8 Å². The number of halogens is 1. The Bertz CT molecular complexity index is 742. The van der Waals surface area contributed by atoms with Crippen molar-refractivity contribution in [2.75, 3.05) is 14.2 Å². The summed E-state index contributed by atoms with van der Waals surface area (Å²) < 4.78 is 34.4. The molecule has 0 spiro atoms. The Morgan fingerprint density at radius 3 is 2.40 bits per heavy atom. The van der Waals surface area contributed by atoms with Gasteiger partial charge in [-0.2, -0.15) is 0 Å². The topological polar surface area (TPSA) is 83.3 Å². The highest BCUT2D eigenvalue weighted by molar-refractivity contribution is 8.13. The van der Waals surface area contributed by atoms with Gasteiger partial charge in [0, 0.05) is 17.7 Å². The number of rotatable bonds is 4. The third kappa shape index (κ3) is 2.56. The Labute approximate surface area is 120 Å². The van der Waals surface area contributed by atoms with Crippen LogP contribution < -0.4 is 9.47 Å². The van der Waals surface area contributed by atoms with Gasteiger partial charge < -0.3 is 9.47 Å². The molecule has 0 aliphatic heterocycles. The van der Waals surface area contributed by atoms with E-state index in [-0.39, 0.29) is 5.16 Å². The first-order valence-corrected chi connectivity index (χ1v) is 7.76. The minimum atomic E-state index is -3.97. The molecule has 2 aromatic rings. The normalized spacial score (nSPS) is 11.4. The van der Waals surface area contributed by atoms with Crippen LogP contribution in [-0.4, -0.2) is 37.4 Å². The van der Waals surface area contributed by atoms with Gasteiger partial charge in [-0.3, -0.25) is 4.57 Å². The summed E-state index contributed by atoms with van der Waals surface area (Å²) in [4.78, 5) is 0. The Morgan fingerprint density at radius 1 is 1.20 bits per heavy atom. The fourth-order valence-electron chi connectivity index (χ4n) is 1.75. The molecule has 0 atom stereocenters. The zero-order valence-electron chi connectivity index (χ0n) is 11.0. The molecule has 20 heavy (non-hydrogen) atoms. The van der Waals surface area contributed by atoms with E-state index >= 15 is 0 Å². The van der Waals surface area contributed by atoms with Crippen LogP contribution in [-0.2, 0) is 16.1 Å². The monoisotopic (exact) mass is 317 g/mol. The fourth-order valence-corrected chi connectivity index (χ4v) is 2.71. The van der Waals surface area contributed by atoms with Gasteiger partial charge in [-0.25, -0.2) is 8.42 Å². The second-order valence-corrected chi connectivity index (χ2v) is 6.33. The van der Waals surface area contributed by atoms with Gasteiger partial charge in [-0.15, -0.1) is 10.2 Å². The summed E-state index contributed by atoms with van der Waals surface area (Å²) >= 11 is 0. The summed E-state index contributed by atoms with van der Waals surface area (Å²) in [5.74, 6) is 1.40. The standard InChI is InChI=1S/C11H12ClN3O4S/c1-15-10(13-14-11(15)20(12,16)17)8-6-7(18-2)4-5-9(8)19-3/h4-6H,1-3H3. The van der Waals surface area contributed by atoms with E-state index in [0.717, 1.165) is 0 Å². The SMILES string of the molecule is COc1ccc(OC)c(-c2nnc(S(=O)(=O)Cl)n2C)c1. The van der Waals surface area contributed by atoms with Crippen LogP contribution in [0.4, 0.5) is 0 Å². The van der Waals surface area contributed by atoms with Crippen LogP contribution in [0.2, 0.25) is 0 Å². The lowest BCUT2D eigenvalue weighted by atomic mass is 10.1. The summed E-state index contributed by atoms with van der Waals surface area (Å²) in [6.45, 7) is 0. The van der Waals surface area contributed by atoms with Crippen molar-refractivity contribution < 1.29 is 17.9 Å². The van der Waals surface area contributed by atoms with Crippen LogP contribution in [0.5, 0.6) is 11.5 Å². The average Bonchev–Trinajstić information content (AvgIpc) is 2.79. The number of nitrogens with zero attached hydrogens (tertiary/aromatic N) is 3. The van der Waals surface area contributed by atoms with E-state index in [1.54, 1.807) is 18.2 Å². The first-order chi connectivity index (χ1) is 9.38. The van der Waals surface area contributed by atoms with E-state index in [1.807, 2.05) is 0 Å². The van der Waals surface area contributed by atoms with Gasteiger partial charge in [0.05, 0.1) is 19.8 Å². The highest BCUT2D eigenvalue weighted by Crippen LogP contribution is 2.33. The van der Waals surface area contributed by atoms with Gasteiger partial charge in [-0.05, 0) is 18.2 Å². The molecule has 1 aromatic heterocycles. The van der Waals surface area contributed by atoms with Gasteiger partial charge >= 0.3 is 0 Å². The minimum Gasteiger partial charge on any atom is -0.497 e. The summed E-state index contributed by atoms with van der Waals surface area (Å²) in [5.41, 5.74) is 0.549. The maximum Gasteiger partial charge on any atom is 0.296 e.